The standard InChI is InChI=1S/C19H13N3/c1-12-8-9-14-15(11-12)13-5-4-10-20-18(13)22-17-7-3-2-6-16(17)21-19(14)22/h2-11H,1H3. The van der Waals surface area contributed by atoms with E-state index in [1.807, 2.05) is 24.4 Å². The van der Waals surface area contributed by atoms with Crippen LogP contribution in [0.5, 0.6) is 0 Å². The quantitative estimate of drug-likeness (QED) is 0.392. The monoisotopic (exact) mass is 283 g/mol. The zero-order valence-corrected chi connectivity index (χ0v) is 12.1. The average Bonchev–Trinajstić information content (AvgIpc) is 2.94. The van der Waals surface area contributed by atoms with Crippen LogP contribution in [0.2, 0.25) is 0 Å². The van der Waals surface area contributed by atoms with Crippen molar-refractivity contribution in [2.75, 3.05) is 0 Å². The van der Waals surface area contributed by atoms with E-state index in [1.54, 1.807) is 0 Å². The Morgan fingerprint density at radius 3 is 2.64 bits per heavy atom. The number of aryl methyl sites for hydroxylation is 1. The first-order chi connectivity index (χ1) is 10.8. The number of rotatable bonds is 0. The summed E-state index contributed by atoms with van der Waals surface area (Å²) >= 11 is 0. The highest BCUT2D eigenvalue weighted by Gasteiger charge is 2.13. The van der Waals surface area contributed by atoms with Gasteiger partial charge in [0.2, 0.25) is 0 Å². The van der Waals surface area contributed by atoms with E-state index in [0.717, 1.165) is 27.7 Å². The SMILES string of the molecule is Cc1ccc2c(c1)c1cccnc1n1c3ccccc3nc21. The Kier molecular flexibility index (Phi) is 2.15. The first kappa shape index (κ1) is 11.7. The van der Waals surface area contributed by atoms with Gasteiger partial charge in [-0.25, -0.2) is 9.97 Å². The highest BCUT2D eigenvalue weighted by molar-refractivity contribution is 6.12. The van der Waals surface area contributed by atoms with E-state index >= 15 is 0 Å². The zero-order chi connectivity index (χ0) is 14.7. The molecule has 0 bridgehead atoms. The van der Waals surface area contributed by atoms with Crippen molar-refractivity contribution >= 4 is 38.5 Å². The molecule has 0 saturated heterocycles. The largest absolute Gasteiger partial charge is 0.276 e. The molecule has 0 aliphatic rings. The van der Waals surface area contributed by atoms with Crippen LogP contribution in [-0.2, 0) is 0 Å². The molecular formula is C19H13N3. The highest BCUT2D eigenvalue weighted by atomic mass is 15.1. The smallest absolute Gasteiger partial charge is 0.147 e. The van der Waals surface area contributed by atoms with E-state index in [4.69, 9.17) is 4.98 Å². The molecule has 5 rings (SSSR count). The van der Waals surface area contributed by atoms with Gasteiger partial charge in [0, 0.05) is 17.0 Å². The summed E-state index contributed by atoms with van der Waals surface area (Å²) in [5.41, 5.74) is 5.29. The average molecular weight is 283 g/mol. The third-order valence-corrected chi connectivity index (χ3v) is 4.27. The number of pyridine rings is 2. The van der Waals surface area contributed by atoms with Gasteiger partial charge in [-0.2, -0.15) is 0 Å². The number of aromatic nitrogens is 3. The zero-order valence-electron chi connectivity index (χ0n) is 12.1. The molecule has 3 aromatic heterocycles. The van der Waals surface area contributed by atoms with Gasteiger partial charge in [0.05, 0.1) is 11.0 Å². The maximum Gasteiger partial charge on any atom is 0.147 e. The minimum Gasteiger partial charge on any atom is -0.276 e. The van der Waals surface area contributed by atoms with Gasteiger partial charge >= 0.3 is 0 Å². The van der Waals surface area contributed by atoms with Crippen molar-refractivity contribution in [1.82, 2.24) is 14.4 Å². The Balaban J connectivity index is 2.22. The Labute approximate surface area is 126 Å². The summed E-state index contributed by atoms with van der Waals surface area (Å²) in [7, 11) is 0. The van der Waals surface area contributed by atoms with Crippen molar-refractivity contribution in [1.29, 1.82) is 0 Å². The number of benzene rings is 2. The summed E-state index contributed by atoms with van der Waals surface area (Å²) in [6, 6.07) is 18.9. The second-order valence-corrected chi connectivity index (χ2v) is 5.68. The minimum absolute atomic E-state index is 0.962. The van der Waals surface area contributed by atoms with Gasteiger partial charge in [0.1, 0.15) is 11.3 Å². The van der Waals surface area contributed by atoms with Crippen molar-refractivity contribution in [2.45, 2.75) is 6.92 Å². The number of imidazole rings is 1. The summed E-state index contributed by atoms with van der Waals surface area (Å²) in [6.07, 6.45) is 1.85. The summed E-state index contributed by atoms with van der Waals surface area (Å²) in [5, 5.41) is 3.55. The van der Waals surface area contributed by atoms with Crippen molar-refractivity contribution < 1.29 is 0 Å². The second kappa shape index (κ2) is 4.04. The fourth-order valence-electron chi connectivity index (χ4n) is 3.28. The number of para-hydroxylation sites is 2. The minimum atomic E-state index is 0.962. The van der Waals surface area contributed by atoms with E-state index < -0.39 is 0 Å². The molecule has 0 saturated carbocycles. The molecule has 0 unspecified atom stereocenters. The molecule has 5 aromatic rings. The lowest BCUT2D eigenvalue weighted by atomic mass is 10.1. The predicted molar refractivity (Wildman–Crippen MR) is 90.2 cm³/mol. The Morgan fingerprint density at radius 2 is 1.68 bits per heavy atom. The first-order valence-corrected chi connectivity index (χ1v) is 7.37. The van der Waals surface area contributed by atoms with Gasteiger partial charge in [-0.05, 0) is 36.6 Å². The molecule has 0 radical (unpaired) electrons. The lowest BCUT2D eigenvalue weighted by Crippen LogP contribution is -1.93. The van der Waals surface area contributed by atoms with Crippen LogP contribution in [0.15, 0.2) is 60.8 Å². The van der Waals surface area contributed by atoms with E-state index in [-0.39, 0.29) is 0 Å². The first-order valence-electron chi connectivity index (χ1n) is 7.37. The van der Waals surface area contributed by atoms with Crippen LogP contribution in [0.3, 0.4) is 0 Å². The van der Waals surface area contributed by atoms with Crippen molar-refractivity contribution in [3.05, 3.63) is 66.4 Å². The molecule has 3 heterocycles. The molecule has 2 aromatic carbocycles. The third-order valence-electron chi connectivity index (χ3n) is 4.27. The van der Waals surface area contributed by atoms with Gasteiger partial charge in [-0.3, -0.25) is 4.40 Å². The lowest BCUT2D eigenvalue weighted by molar-refractivity contribution is 1.23. The molecule has 0 amide bonds. The molecule has 3 heteroatoms. The van der Waals surface area contributed by atoms with Gasteiger partial charge in [-0.1, -0.05) is 35.9 Å². The predicted octanol–water partition coefficient (Wildman–Crippen LogP) is 4.50. The summed E-state index contributed by atoms with van der Waals surface area (Å²) in [5.74, 6) is 0. The Bertz CT molecular complexity index is 1190. The van der Waals surface area contributed by atoms with Crippen LogP contribution in [0, 0.1) is 6.92 Å². The van der Waals surface area contributed by atoms with Crippen molar-refractivity contribution in [3.8, 4) is 0 Å². The van der Waals surface area contributed by atoms with Crippen LogP contribution in [0.25, 0.3) is 38.5 Å². The molecule has 3 nitrogen and oxygen atoms in total. The Hall–Kier alpha value is -2.94. The molecular weight excluding hydrogens is 270 g/mol. The van der Waals surface area contributed by atoms with Gasteiger partial charge in [-0.15, -0.1) is 0 Å². The van der Waals surface area contributed by atoms with Crippen molar-refractivity contribution in [3.63, 3.8) is 0 Å². The van der Waals surface area contributed by atoms with Crippen LogP contribution >= 0.6 is 0 Å². The highest BCUT2D eigenvalue weighted by Crippen LogP contribution is 2.31. The molecule has 0 fully saturated rings. The number of hydrogen-bond donors (Lipinski definition) is 0. The number of hydrogen-bond acceptors (Lipinski definition) is 2. The number of nitrogens with zero attached hydrogens (tertiary/aromatic N) is 3. The van der Waals surface area contributed by atoms with Gasteiger partial charge in [0.15, 0.2) is 0 Å². The van der Waals surface area contributed by atoms with Crippen LogP contribution in [-0.4, -0.2) is 14.4 Å². The fraction of sp³-hybridized carbons (Fsp3) is 0.0526. The lowest BCUT2D eigenvalue weighted by Gasteiger charge is -2.08. The molecule has 0 spiro atoms. The van der Waals surface area contributed by atoms with E-state index in [2.05, 4.69) is 52.7 Å². The molecule has 104 valence electrons. The van der Waals surface area contributed by atoms with Crippen LogP contribution in [0.1, 0.15) is 5.56 Å². The molecule has 0 aliphatic heterocycles. The molecule has 0 N–H and O–H groups in total. The maximum absolute atomic E-state index is 4.85. The van der Waals surface area contributed by atoms with E-state index in [0.29, 0.717) is 0 Å². The van der Waals surface area contributed by atoms with Crippen molar-refractivity contribution in [2.24, 2.45) is 0 Å². The Morgan fingerprint density at radius 1 is 0.818 bits per heavy atom. The number of fused-ring (bicyclic) bond motifs is 8. The summed E-state index contributed by atoms with van der Waals surface area (Å²) in [4.78, 5) is 9.48. The molecule has 0 atom stereocenters. The van der Waals surface area contributed by atoms with E-state index in [9.17, 15) is 0 Å². The topological polar surface area (TPSA) is 30.2 Å². The second-order valence-electron chi connectivity index (χ2n) is 5.68. The molecule has 0 aliphatic carbocycles. The summed E-state index contributed by atoms with van der Waals surface area (Å²) in [6.45, 7) is 2.12. The van der Waals surface area contributed by atoms with Crippen LogP contribution in [0.4, 0.5) is 0 Å². The maximum atomic E-state index is 4.85. The van der Waals surface area contributed by atoms with Gasteiger partial charge < -0.3 is 0 Å². The third kappa shape index (κ3) is 1.40. The normalized spacial score (nSPS) is 11.9. The molecule has 22 heavy (non-hydrogen) atoms. The van der Waals surface area contributed by atoms with E-state index in [1.165, 1.54) is 16.3 Å². The van der Waals surface area contributed by atoms with Gasteiger partial charge in [0.25, 0.3) is 0 Å². The summed E-state index contributed by atoms with van der Waals surface area (Å²) < 4.78 is 2.17. The van der Waals surface area contributed by atoms with Crippen LogP contribution < -0.4 is 0 Å². The fourth-order valence-corrected chi connectivity index (χ4v) is 3.28.